The van der Waals surface area contributed by atoms with Crippen LogP contribution in [0.1, 0.15) is 19.3 Å². The highest BCUT2D eigenvalue weighted by Gasteiger charge is 2.15. The monoisotopic (exact) mass is 343 g/mol. The molecule has 4 nitrogen and oxygen atoms in total. The predicted molar refractivity (Wildman–Crippen MR) is 86.2 cm³/mol. The van der Waals surface area contributed by atoms with Gasteiger partial charge in [0, 0.05) is 5.02 Å². The number of halogens is 2. The first-order valence-corrected chi connectivity index (χ1v) is 8.05. The van der Waals surface area contributed by atoms with Crippen LogP contribution in [-0.4, -0.2) is 27.8 Å². The largest absolute Gasteiger partial charge is 0.409 e. The highest BCUT2D eigenvalue weighted by molar-refractivity contribution is 7.71. The maximum atomic E-state index is 6.18. The second-order valence-corrected chi connectivity index (χ2v) is 6.31. The minimum Gasteiger partial charge on any atom is -0.409 e. The molecule has 1 saturated heterocycles. The van der Waals surface area contributed by atoms with Crippen molar-refractivity contribution in [2.24, 2.45) is 0 Å². The van der Waals surface area contributed by atoms with Crippen LogP contribution in [0.4, 0.5) is 0 Å². The highest BCUT2D eigenvalue weighted by Crippen LogP contribution is 2.29. The number of hydrogen-bond acceptors (Lipinski definition) is 4. The fourth-order valence-corrected chi connectivity index (χ4v) is 3.12. The van der Waals surface area contributed by atoms with Gasteiger partial charge < -0.3 is 4.42 Å². The average molecular weight is 344 g/mol. The molecule has 0 N–H and O–H groups in total. The fraction of sp³-hybridized carbons (Fsp3) is 0.429. The molecule has 0 spiro atoms. The first-order valence-electron chi connectivity index (χ1n) is 6.89. The lowest BCUT2D eigenvalue weighted by Gasteiger charge is -2.25. The van der Waals surface area contributed by atoms with Crippen LogP contribution in [0.15, 0.2) is 22.6 Å². The van der Waals surface area contributed by atoms with Crippen LogP contribution in [0.2, 0.25) is 10.0 Å². The number of likely N-dealkylation sites (tertiary alicyclic amines) is 1. The van der Waals surface area contributed by atoms with Gasteiger partial charge in [-0.05, 0) is 56.3 Å². The molecule has 0 saturated carbocycles. The van der Waals surface area contributed by atoms with Gasteiger partial charge in [-0.3, -0.25) is 4.90 Å². The fourth-order valence-electron chi connectivity index (χ4n) is 2.46. The first-order chi connectivity index (χ1) is 10.1. The van der Waals surface area contributed by atoms with Crippen molar-refractivity contribution in [1.29, 1.82) is 0 Å². The van der Waals surface area contributed by atoms with E-state index in [1.54, 1.807) is 22.9 Å². The molecule has 3 rings (SSSR count). The zero-order valence-corrected chi connectivity index (χ0v) is 13.7. The van der Waals surface area contributed by atoms with Crippen LogP contribution >= 0.6 is 35.4 Å². The Kier molecular flexibility index (Phi) is 4.64. The van der Waals surface area contributed by atoms with Gasteiger partial charge in [0.05, 0.1) is 17.3 Å². The summed E-state index contributed by atoms with van der Waals surface area (Å²) < 4.78 is 7.28. The Morgan fingerprint density at radius 3 is 2.67 bits per heavy atom. The van der Waals surface area contributed by atoms with Crippen molar-refractivity contribution in [3.63, 3.8) is 0 Å². The van der Waals surface area contributed by atoms with Gasteiger partial charge in [0.2, 0.25) is 5.89 Å². The van der Waals surface area contributed by atoms with E-state index < -0.39 is 0 Å². The van der Waals surface area contributed by atoms with E-state index in [-0.39, 0.29) is 0 Å². The van der Waals surface area contributed by atoms with Crippen molar-refractivity contribution < 1.29 is 4.42 Å². The second-order valence-electron chi connectivity index (χ2n) is 5.12. The van der Waals surface area contributed by atoms with Gasteiger partial charge in [-0.15, -0.1) is 5.10 Å². The summed E-state index contributed by atoms with van der Waals surface area (Å²) in [5.41, 5.74) is 0.699. The van der Waals surface area contributed by atoms with Crippen LogP contribution in [0.5, 0.6) is 0 Å². The molecule has 0 aliphatic carbocycles. The summed E-state index contributed by atoms with van der Waals surface area (Å²) in [5.74, 6) is 0.429. The second kappa shape index (κ2) is 6.48. The molecule has 1 aliphatic rings. The number of hydrogen-bond donors (Lipinski definition) is 0. The summed E-state index contributed by atoms with van der Waals surface area (Å²) >= 11 is 17.3. The molecule has 2 heterocycles. The summed E-state index contributed by atoms with van der Waals surface area (Å²) in [6, 6.07) is 5.21. The van der Waals surface area contributed by atoms with Crippen LogP contribution < -0.4 is 0 Å². The highest BCUT2D eigenvalue weighted by atomic mass is 35.5. The zero-order valence-electron chi connectivity index (χ0n) is 11.4. The molecular formula is C14H15Cl2N3OS. The van der Waals surface area contributed by atoms with E-state index in [1.807, 2.05) is 0 Å². The molecule has 112 valence electrons. The quantitative estimate of drug-likeness (QED) is 0.761. The maximum absolute atomic E-state index is 6.18. The summed E-state index contributed by atoms with van der Waals surface area (Å²) in [6.45, 7) is 2.81. The Bertz CT molecular complexity index is 692. The van der Waals surface area contributed by atoms with Gasteiger partial charge in [-0.25, -0.2) is 4.68 Å². The zero-order chi connectivity index (χ0) is 14.8. The van der Waals surface area contributed by atoms with Gasteiger partial charge in [-0.1, -0.05) is 29.6 Å². The third-order valence-electron chi connectivity index (χ3n) is 3.55. The third kappa shape index (κ3) is 3.48. The molecular weight excluding hydrogens is 329 g/mol. The van der Waals surface area contributed by atoms with Crippen molar-refractivity contribution in [2.45, 2.75) is 25.9 Å². The number of aromatic nitrogens is 2. The number of piperidine rings is 1. The Morgan fingerprint density at radius 1 is 1.19 bits per heavy atom. The van der Waals surface area contributed by atoms with Gasteiger partial charge in [0.1, 0.15) is 0 Å². The van der Waals surface area contributed by atoms with E-state index in [0.717, 1.165) is 13.1 Å². The van der Waals surface area contributed by atoms with E-state index in [0.29, 0.717) is 33.0 Å². The molecule has 1 fully saturated rings. The van der Waals surface area contributed by atoms with Crippen molar-refractivity contribution in [3.8, 4) is 11.5 Å². The molecule has 21 heavy (non-hydrogen) atoms. The van der Waals surface area contributed by atoms with Crippen LogP contribution in [0.3, 0.4) is 0 Å². The number of benzene rings is 1. The Hall–Kier alpha value is -0.880. The average Bonchev–Trinajstić information content (AvgIpc) is 2.81. The predicted octanol–water partition coefficient (Wildman–Crippen LogP) is 4.62. The molecule has 0 amide bonds. The lowest BCUT2D eigenvalue weighted by molar-refractivity contribution is 0.170. The van der Waals surface area contributed by atoms with Gasteiger partial charge >= 0.3 is 0 Å². The lowest BCUT2D eigenvalue weighted by atomic mass is 10.1. The topological polar surface area (TPSA) is 34.2 Å². The summed E-state index contributed by atoms with van der Waals surface area (Å²) in [7, 11) is 0. The number of rotatable bonds is 3. The minimum atomic E-state index is 0.363. The summed E-state index contributed by atoms with van der Waals surface area (Å²) in [5, 5.41) is 5.52. The molecule has 2 aromatic rings. The smallest absolute Gasteiger partial charge is 0.288 e. The SMILES string of the molecule is S=c1oc(-c2ccc(Cl)cc2Cl)nn1CN1CCCCC1. The van der Waals surface area contributed by atoms with Crippen molar-refractivity contribution in [2.75, 3.05) is 13.1 Å². The van der Waals surface area contributed by atoms with Crippen LogP contribution in [0, 0.1) is 4.84 Å². The summed E-state index contributed by atoms with van der Waals surface area (Å²) in [6.07, 6.45) is 3.74. The van der Waals surface area contributed by atoms with Crippen LogP contribution in [-0.2, 0) is 6.67 Å². The van der Waals surface area contributed by atoms with E-state index >= 15 is 0 Å². The Balaban J connectivity index is 1.85. The molecule has 0 bridgehead atoms. The maximum Gasteiger partial charge on any atom is 0.288 e. The first kappa shape index (κ1) is 15.0. The lowest BCUT2D eigenvalue weighted by Crippen LogP contribution is -2.32. The molecule has 0 atom stereocenters. The van der Waals surface area contributed by atoms with Crippen molar-refractivity contribution in [1.82, 2.24) is 14.7 Å². The van der Waals surface area contributed by atoms with E-state index in [4.69, 9.17) is 39.8 Å². The Labute approximate surface area is 138 Å². The van der Waals surface area contributed by atoms with Crippen LogP contribution in [0.25, 0.3) is 11.5 Å². The molecule has 0 unspecified atom stereocenters. The van der Waals surface area contributed by atoms with Gasteiger partial charge in [0.25, 0.3) is 4.84 Å². The summed E-state index contributed by atoms with van der Waals surface area (Å²) in [4.78, 5) is 2.69. The van der Waals surface area contributed by atoms with E-state index in [9.17, 15) is 0 Å². The van der Waals surface area contributed by atoms with E-state index in [1.165, 1.54) is 19.3 Å². The van der Waals surface area contributed by atoms with Crippen molar-refractivity contribution >= 4 is 35.4 Å². The Morgan fingerprint density at radius 2 is 1.95 bits per heavy atom. The van der Waals surface area contributed by atoms with Gasteiger partial charge in [-0.2, -0.15) is 0 Å². The number of nitrogens with zero attached hydrogens (tertiary/aromatic N) is 3. The molecule has 0 radical (unpaired) electrons. The normalized spacial score (nSPS) is 16.3. The molecule has 7 heteroatoms. The molecule has 1 aromatic heterocycles. The third-order valence-corrected chi connectivity index (χ3v) is 4.39. The van der Waals surface area contributed by atoms with Gasteiger partial charge in [0.15, 0.2) is 0 Å². The molecule has 1 aromatic carbocycles. The minimum absolute atomic E-state index is 0.363. The standard InChI is InChI=1S/C14H15Cl2N3OS/c15-10-4-5-11(12(16)8-10)13-17-19(14(21)20-13)9-18-6-2-1-3-7-18/h4-5,8H,1-3,6-7,9H2. The molecule has 1 aliphatic heterocycles. The van der Waals surface area contributed by atoms with E-state index in [2.05, 4.69) is 10.00 Å². The van der Waals surface area contributed by atoms with Crippen molar-refractivity contribution in [3.05, 3.63) is 33.1 Å².